The summed E-state index contributed by atoms with van der Waals surface area (Å²) in [4.78, 5) is 15.5. The number of hydrogen-bond donors (Lipinski definition) is 1. The van der Waals surface area contributed by atoms with Gasteiger partial charge in [-0.25, -0.2) is 0 Å². The van der Waals surface area contributed by atoms with Crippen molar-refractivity contribution >= 4 is 28.1 Å². The van der Waals surface area contributed by atoms with Crippen LogP contribution in [0.4, 0.5) is 0 Å². The smallest absolute Gasteiger partial charge is 0.279 e. The SMILES string of the molecule is CCSc1nn2c(=O)cc(O)nc2s1. The molecule has 2 aromatic heterocycles. The van der Waals surface area contributed by atoms with Gasteiger partial charge in [0.05, 0.1) is 6.07 Å². The van der Waals surface area contributed by atoms with Crippen LogP contribution in [0.25, 0.3) is 4.96 Å². The molecule has 0 radical (unpaired) electrons. The number of rotatable bonds is 2. The van der Waals surface area contributed by atoms with E-state index in [0.717, 1.165) is 16.2 Å². The van der Waals surface area contributed by atoms with E-state index in [0.29, 0.717) is 4.96 Å². The van der Waals surface area contributed by atoms with Crippen LogP contribution < -0.4 is 5.56 Å². The summed E-state index contributed by atoms with van der Waals surface area (Å²) in [6, 6.07) is 1.05. The summed E-state index contributed by atoms with van der Waals surface area (Å²) in [5, 5.41) is 13.2. The third-order valence-corrected chi connectivity index (χ3v) is 3.40. The third-order valence-electron chi connectivity index (χ3n) is 1.48. The molecule has 7 heteroatoms. The lowest BCUT2D eigenvalue weighted by Crippen LogP contribution is -2.12. The maximum absolute atomic E-state index is 11.3. The predicted octanol–water partition coefficient (Wildman–Crippen LogP) is 0.969. The zero-order valence-corrected chi connectivity index (χ0v) is 8.93. The fourth-order valence-electron chi connectivity index (χ4n) is 0.964. The zero-order chi connectivity index (χ0) is 10.1. The van der Waals surface area contributed by atoms with Crippen molar-refractivity contribution in [2.24, 2.45) is 0 Å². The first kappa shape index (κ1) is 9.47. The Morgan fingerprint density at radius 3 is 3.21 bits per heavy atom. The number of aromatic hydroxyl groups is 1. The minimum absolute atomic E-state index is 0.258. The largest absolute Gasteiger partial charge is 0.493 e. The molecule has 5 nitrogen and oxygen atoms in total. The molecule has 0 aromatic carbocycles. The normalized spacial score (nSPS) is 10.9. The van der Waals surface area contributed by atoms with Crippen molar-refractivity contribution in [2.45, 2.75) is 11.3 Å². The van der Waals surface area contributed by atoms with Gasteiger partial charge in [-0.05, 0) is 5.75 Å². The van der Waals surface area contributed by atoms with Gasteiger partial charge < -0.3 is 5.11 Å². The Bertz CT molecular complexity index is 519. The highest BCUT2D eigenvalue weighted by atomic mass is 32.2. The summed E-state index contributed by atoms with van der Waals surface area (Å²) in [5.41, 5.74) is -0.355. The van der Waals surface area contributed by atoms with Gasteiger partial charge in [-0.1, -0.05) is 30.0 Å². The third kappa shape index (κ3) is 1.60. The summed E-state index contributed by atoms with van der Waals surface area (Å²) in [6.07, 6.45) is 0. The van der Waals surface area contributed by atoms with Crippen molar-refractivity contribution < 1.29 is 5.11 Å². The van der Waals surface area contributed by atoms with Gasteiger partial charge in [0.1, 0.15) is 0 Å². The molecule has 0 fully saturated rings. The Morgan fingerprint density at radius 1 is 1.71 bits per heavy atom. The van der Waals surface area contributed by atoms with Crippen molar-refractivity contribution in [3.63, 3.8) is 0 Å². The van der Waals surface area contributed by atoms with Crippen molar-refractivity contribution in [3.8, 4) is 5.88 Å². The molecule has 0 bridgehead atoms. The molecular weight excluding hydrogens is 222 g/mol. The molecule has 0 unspecified atom stereocenters. The van der Waals surface area contributed by atoms with Crippen LogP contribution in [0.5, 0.6) is 5.88 Å². The van der Waals surface area contributed by atoms with Gasteiger partial charge in [0, 0.05) is 0 Å². The second kappa shape index (κ2) is 3.58. The minimum Gasteiger partial charge on any atom is -0.493 e. The first-order valence-corrected chi connectivity index (χ1v) is 5.73. The summed E-state index contributed by atoms with van der Waals surface area (Å²) in [7, 11) is 0. The second-order valence-corrected chi connectivity index (χ2v) is 4.92. The molecule has 0 aliphatic heterocycles. The molecule has 0 aliphatic carbocycles. The number of fused-ring (bicyclic) bond motifs is 1. The topological polar surface area (TPSA) is 67.5 Å². The number of hydrogen-bond acceptors (Lipinski definition) is 6. The molecule has 14 heavy (non-hydrogen) atoms. The van der Waals surface area contributed by atoms with Crippen LogP contribution in [0.15, 0.2) is 15.2 Å². The Morgan fingerprint density at radius 2 is 2.50 bits per heavy atom. The molecule has 2 rings (SSSR count). The highest BCUT2D eigenvalue weighted by molar-refractivity contribution is 8.01. The maximum atomic E-state index is 11.3. The zero-order valence-electron chi connectivity index (χ0n) is 7.30. The van der Waals surface area contributed by atoms with E-state index in [-0.39, 0.29) is 11.4 Å². The van der Waals surface area contributed by atoms with E-state index < -0.39 is 0 Å². The Labute approximate surface area is 87.4 Å². The van der Waals surface area contributed by atoms with Crippen LogP contribution in [0.3, 0.4) is 0 Å². The first-order chi connectivity index (χ1) is 6.70. The molecule has 0 saturated carbocycles. The number of thioether (sulfide) groups is 1. The molecule has 74 valence electrons. The number of nitrogens with zero attached hydrogens (tertiary/aromatic N) is 3. The average molecular weight is 229 g/mol. The average Bonchev–Trinajstić information content (AvgIpc) is 2.48. The standard InChI is InChI=1S/C7H7N3O2S2/c1-2-13-7-9-10-5(12)3-4(11)8-6(10)14-7/h3,11H,2H2,1H3. The minimum atomic E-state index is -0.355. The monoisotopic (exact) mass is 229 g/mol. The van der Waals surface area contributed by atoms with Gasteiger partial charge in [-0.15, -0.1) is 5.10 Å². The van der Waals surface area contributed by atoms with E-state index in [1.54, 1.807) is 11.8 Å². The van der Waals surface area contributed by atoms with Crippen LogP contribution in [-0.2, 0) is 0 Å². The summed E-state index contributed by atoms with van der Waals surface area (Å²) < 4.78 is 1.98. The van der Waals surface area contributed by atoms with Gasteiger partial charge in [0.15, 0.2) is 4.34 Å². The van der Waals surface area contributed by atoms with E-state index in [2.05, 4.69) is 10.1 Å². The van der Waals surface area contributed by atoms with Crippen LogP contribution in [0.2, 0.25) is 0 Å². The molecule has 2 heterocycles. The molecular formula is C7H7N3O2S2. The second-order valence-electron chi connectivity index (χ2n) is 2.45. The lowest BCUT2D eigenvalue weighted by molar-refractivity contribution is 0.452. The molecule has 0 amide bonds. The fourth-order valence-corrected chi connectivity index (χ4v) is 2.80. The summed E-state index contributed by atoms with van der Waals surface area (Å²) in [6.45, 7) is 2.00. The van der Waals surface area contributed by atoms with Crippen molar-refractivity contribution in [1.82, 2.24) is 14.6 Å². The number of aromatic nitrogens is 3. The molecule has 0 aliphatic rings. The maximum Gasteiger partial charge on any atom is 0.279 e. The molecule has 0 saturated heterocycles. The van der Waals surface area contributed by atoms with Crippen LogP contribution in [-0.4, -0.2) is 25.5 Å². The Balaban J connectivity index is 2.65. The quantitative estimate of drug-likeness (QED) is 0.777. The molecule has 0 spiro atoms. The van der Waals surface area contributed by atoms with Crippen LogP contribution in [0, 0.1) is 0 Å². The van der Waals surface area contributed by atoms with Crippen molar-refractivity contribution in [1.29, 1.82) is 0 Å². The van der Waals surface area contributed by atoms with E-state index in [4.69, 9.17) is 5.11 Å². The molecule has 0 atom stereocenters. The van der Waals surface area contributed by atoms with Gasteiger partial charge in [0.25, 0.3) is 5.56 Å². The summed E-state index contributed by atoms with van der Waals surface area (Å²) in [5.74, 6) is 0.632. The molecule has 2 aromatic rings. The fraction of sp³-hybridized carbons (Fsp3) is 0.286. The van der Waals surface area contributed by atoms with Gasteiger partial charge >= 0.3 is 0 Å². The van der Waals surface area contributed by atoms with Crippen LogP contribution >= 0.6 is 23.1 Å². The van der Waals surface area contributed by atoms with Crippen LogP contribution in [0.1, 0.15) is 6.92 Å². The van der Waals surface area contributed by atoms with E-state index in [1.807, 2.05) is 6.92 Å². The van der Waals surface area contributed by atoms with E-state index in [9.17, 15) is 4.79 Å². The van der Waals surface area contributed by atoms with Crippen molar-refractivity contribution in [3.05, 3.63) is 16.4 Å². The van der Waals surface area contributed by atoms with E-state index >= 15 is 0 Å². The Kier molecular flexibility index (Phi) is 2.42. The summed E-state index contributed by atoms with van der Waals surface area (Å²) >= 11 is 2.84. The van der Waals surface area contributed by atoms with Gasteiger partial charge in [-0.2, -0.15) is 9.50 Å². The van der Waals surface area contributed by atoms with Gasteiger partial charge in [-0.3, -0.25) is 4.79 Å². The highest BCUT2D eigenvalue weighted by Gasteiger charge is 2.07. The van der Waals surface area contributed by atoms with E-state index in [1.165, 1.54) is 15.9 Å². The Hall–Kier alpha value is -1.08. The highest BCUT2D eigenvalue weighted by Crippen LogP contribution is 2.23. The molecule has 1 N–H and O–H groups in total. The first-order valence-electron chi connectivity index (χ1n) is 3.93. The van der Waals surface area contributed by atoms with Crippen molar-refractivity contribution in [2.75, 3.05) is 5.75 Å². The van der Waals surface area contributed by atoms with Gasteiger partial charge in [0.2, 0.25) is 10.8 Å². The predicted molar refractivity (Wildman–Crippen MR) is 55.2 cm³/mol. The lowest BCUT2D eigenvalue weighted by Gasteiger charge is -1.88. The lowest BCUT2D eigenvalue weighted by atomic mass is 10.6.